The first-order valence-corrected chi connectivity index (χ1v) is 11.5. The van der Waals surface area contributed by atoms with Crippen LogP contribution in [0.15, 0.2) is 59.2 Å². The van der Waals surface area contributed by atoms with Crippen LogP contribution < -0.4 is 14.8 Å². The highest BCUT2D eigenvalue weighted by Gasteiger charge is 2.15. The van der Waals surface area contributed by atoms with Gasteiger partial charge in [-0.05, 0) is 17.7 Å². The van der Waals surface area contributed by atoms with Gasteiger partial charge in [0.15, 0.2) is 0 Å². The van der Waals surface area contributed by atoms with Crippen LogP contribution in [0, 0.1) is 0 Å². The van der Waals surface area contributed by atoms with Crippen molar-refractivity contribution in [2.24, 2.45) is 0 Å². The highest BCUT2D eigenvalue weighted by molar-refractivity contribution is 8.00. The molecule has 4 rings (SSSR count). The minimum atomic E-state index is -0.157. The first-order valence-electron chi connectivity index (χ1n) is 9.21. The molecule has 0 unspecified atom stereocenters. The lowest BCUT2D eigenvalue weighted by Gasteiger charge is -2.10. The molecule has 0 saturated carbocycles. The molecule has 2 heterocycles. The molecule has 0 fully saturated rings. The van der Waals surface area contributed by atoms with E-state index in [9.17, 15) is 4.79 Å². The van der Waals surface area contributed by atoms with Crippen molar-refractivity contribution in [3.8, 4) is 22.6 Å². The van der Waals surface area contributed by atoms with Gasteiger partial charge in [-0.2, -0.15) is 0 Å². The summed E-state index contributed by atoms with van der Waals surface area (Å²) >= 11 is 8.94. The lowest BCUT2D eigenvalue weighted by atomic mass is 10.1. The summed E-state index contributed by atoms with van der Waals surface area (Å²) in [4.78, 5) is 22.3. The van der Waals surface area contributed by atoms with Crippen LogP contribution in [0.4, 0.5) is 5.69 Å². The summed E-state index contributed by atoms with van der Waals surface area (Å²) in [6.07, 6.45) is 1.53. The minimum absolute atomic E-state index is 0.157. The number of carbonyl (C=O) groups is 1. The fraction of sp³-hybridized carbons (Fsp3) is 0.136. The molecule has 31 heavy (non-hydrogen) atoms. The standard InChI is InChI=1S/C22H18ClN3O3S2/c1-28-16-7-15(8-17(9-16)29-2)26-19(27)11-31-22-20-18(10-30-21(20)24-12-25-22)13-3-5-14(23)6-4-13/h3-10,12H,11H2,1-2H3,(H,26,27). The molecule has 0 bridgehead atoms. The van der Waals surface area contributed by atoms with Crippen LogP contribution >= 0.6 is 34.7 Å². The minimum Gasteiger partial charge on any atom is -0.497 e. The molecule has 0 saturated heterocycles. The van der Waals surface area contributed by atoms with Crippen molar-refractivity contribution in [3.63, 3.8) is 0 Å². The van der Waals surface area contributed by atoms with Gasteiger partial charge in [-0.3, -0.25) is 4.79 Å². The fourth-order valence-electron chi connectivity index (χ4n) is 3.01. The van der Waals surface area contributed by atoms with Crippen molar-refractivity contribution in [2.45, 2.75) is 5.03 Å². The van der Waals surface area contributed by atoms with Crippen molar-refractivity contribution in [1.82, 2.24) is 9.97 Å². The quantitative estimate of drug-likeness (QED) is 0.273. The topological polar surface area (TPSA) is 73.3 Å². The predicted octanol–water partition coefficient (Wildman–Crippen LogP) is 5.76. The second-order valence-electron chi connectivity index (χ2n) is 6.45. The van der Waals surface area contributed by atoms with Gasteiger partial charge in [0.25, 0.3) is 0 Å². The van der Waals surface area contributed by atoms with Crippen molar-refractivity contribution in [1.29, 1.82) is 0 Å². The van der Waals surface area contributed by atoms with E-state index in [1.54, 1.807) is 43.8 Å². The summed E-state index contributed by atoms with van der Waals surface area (Å²) < 4.78 is 10.5. The van der Waals surface area contributed by atoms with Gasteiger partial charge in [0.05, 0.1) is 25.4 Å². The Labute approximate surface area is 192 Å². The summed E-state index contributed by atoms with van der Waals surface area (Å²) in [6.45, 7) is 0. The number of benzene rings is 2. The summed E-state index contributed by atoms with van der Waals surface area (Å²) in [5, 5.41) is 7.31. The van der Waals surface area contributed by atoms with Gasteiger partial charge >= 0.3 is 0 Å². The van der Waals surface area contributed by atoms with E-state index in [1.165, 1.54) is 18.1 Å². The zero-order valence-electron chi connectivity index (χ0n) is 16.7. The molecular formula is C22H18ClN3O3S2. The number of halogens is 1. The van der Waals surface area contributed by atoms with Gasteiger partial charge in [-0.15, -0.1) is 11.3 Å². The van der Waals surface area contributed by atoms with Crippen LogP contribution in [0.3, 0.4) is 0 Å². The van der Waals surface area contributed by atoms with Crippen LogP contribution in [0.2, 0.25) is 5.02 Å². The number of hydrogen-bond donors (Lipinski definition) is 1. The van der Waals surface area contributed by atoms with E-state index in [0.717, 1.165) is 26.4 Å². The number of hydrogen-bond acceptors (Lipinski definition) is 7. The highest BCUT2D eigenvalue weighted by atomic mass is 35.5. The van der Waals surface area contributed by atoms with Gasteiger partial charge in [-0.25, -0.2) is 9.97 Å². The third-order valence-corrected chi connectivity index (χ3v) is 6.59. The van der Waals surface area contributed by atoms with Crippen molar-refractivity contribution in [3.05, 3.63) is 59.2 Å². The van der Waals surface area contributed by atoms with Crippen LogP contribution in [-0.2, 0) is 4.79 Å². The second-order valence-corrected chi connectivity index (χ2v) is 8.71. The number of thiophene rings is 1. The largest absolute Gasteiger partial charge is 0.497 e. The van der Waals surface area contributed by atoms with Crippen LogP contribution in [0.5, 0.6) is 11.5 Å². The van der Waals surface area contributed by atoms with E-state index in [2.05, 4.69) is 20.7 Å². The average molecular weight is 472 g/mol. The normalized spacial score (nSPS) is 10.8. The van der Waals surface area contributed by atoms with Crippen molar-refractivity contribution in [2.75, 3.05) is 25.3 Å². The number of carbonyl (C=O) groups excluding carboxylic acids is 1. The molecule has 1 amide bonds. The number of amides is 1. The van der Waals surface area contributed by atoms with Crippen molar-refractivity contribution >= 4 is 56.5 Å². The van der Waals surface area contributed by atoms with Gasteiger partial charge < -0.3 is 14.8 Å². The average Bonchev–Trinajstić information content (AvgIpc) is 3.22. The van der Waals surface area contributed by atoms with Gasteiger partial charge in [0, 0.05) is 39.9 Å². The third-order valence-electron chi connectivity index (χ3n) is 4.47. The lowest BCUT2D eigenvalue weighted by Crippen LogP contribution is -2.14. The van der Waals surface area contributed by atoms with E-state index >= 15 is 0 Å². The molecule has 2 aromatic carbocycles. The molecule has 6 nitrogen and oxygen atoms in total. The molecule has 0 atom stereocenters. The summed E-state index contributed by atoms with van der Waals surface area (Å²) in [7, 11) is 3.13. The molecule has 0 spiro atoms. The Kier molecular flexibility index (Phi) is 6.60. The maximum Gasteiger partial charge on any atom is 0.234 e. The van der Waals surface area contributed by atoms with E-state index in [1.807, 2.05) is 24.3 Å². The number of nitrogens with zero attached hydrogens (tertiary/aromatic N) is 2. The molecule has 4 aromatic rings. The number of methoxy groups -OCH3 is 2. The number of ether oxygens (including phenoxy) is 2. The smallest absolute Gasteiger partial charge is 0.234 e. The van der Waals surface area contributed by atoms with Gasteiger partial charge in [-0.1, -0.05) is 35.5 Å². The third kappa shape index (κ3) is 4.92. The predicted molar refractivity (Wildman–Crippen MR) is 127 cm³/mol. The monoisotopic (exact) mass is 471 g/mol. The molecule has 158 valence electrons. The molecule has 9 heteroatoms. The summed E-state index contributed by atoms with van der Waals surface area (Å²) in [5.74, 6) is 1.24. The van der Waals surface area contributed by atoms with E-state index in [4.69, 9.17) is 21.1 Å². The molecule has 2 aromatic heterocycles. The Morgan fingerprint density at radius 3 is 2.48 bits per heavy atom. The Balaban J connectivity index is 1.53. The van der Waals surface area contributed by atoms with E-state index < -0.39 is 0 Å². The first kappa shape index (κ1) is 21.4. The number of aromatic nitrogens is 2. The van der Waals surface area contributed by atoms with Crippen molar-refractivity contribution < 1.29 is 14.3 Å². The molecular weight excluding hydrogens is 454 g/mol. The SMILES string of the molecule is COc1cc(NC(=O)CSc2ncnc3scc(-c4ccc(Cl)cc4)c23)cc(OC)c1. The molecule has 0 aliphatic carbocycles. The van der Waals surface area contributed by atoms with E-state index in [-0.39, 0.29) is 11.7 Å². The maximum absolute atomic E-state index is 12.6. The highest BCUT2D eigenvalue weighted by Crippen LogP contribution is 2.38. The Morgan fingerprint density at radius 2 is 1.81 bits per heavy atom. The van der Waals surface area contributed by atoms with Gasteiger partial charge in [0.1, 0.15) is 27.7 Å². The number of anilines is 1. The Bertz CT molecular complexity index is 1210. The Morgan fingerprint density at radius 1 is 1.10 bits per heavy atom. The van der Waals surface area contributed by atoms with Crippen LogP contribution in [0.1, 0.15) is 0 Å². The molecule has 0 aliphatic heterocycles. The van der Waals surface area contributed by atoms with E-state index in [0.29, 0.717) is 22.2 Å². The number of fused-ring (bicyclic) bond motifs is 1. The fourth-order valence-corrected chi connectivity index (χ4v) is 4.93. The van der Waals surface area contributed by atoms with Crippen LogP contribution in [-0.4, -0.2) is 35.8 Å². The van der Waals surface area contributed by atoms with Gasteiger partial charge in [0.2, 0.25) is 5.91 Å². The summed E-state index contributed by atoms with van der Waals surface area (Å²) in [6, 6.07) is 12.9. The molecule has 0 aliphatic rings. The summed E-state index contributed by atoms with van der Waals surface area (Å²) in [5.41, 5.74) is 2.66. The molecule has 1 N–H and O–H groups in total. The maximum atomic E-state index is 12.6. The number of thioether (sulfide) groups is 1. The second kappa shape index (κ2) is 9.55. The number of nitrogens with one attached hydrogen (secondary N) is 1. The zero-order chi connectivity index (χ0) is 21.8. The molecule has 0 radical (unpaired) electrons. The Hall–Kier alpha value is -2.81. The number of rotatable bonds is 7. The lowest BCUT2D eigenvalue weighted by molar-refractivity contribution is -0.113. The first-order chi connectivity index (χ1) is 15.1. The van der Waals surface area contributed by atoms with Crippen LogP contribution in [0.25, 0.3) is 21.3 Å². The zero-order valence-corrected chi connectivity index (χ0v) is 19.1.